The maximum absolute atomic E-state index is 11.9. The smallest absolute Gasteiger partial charge is 0.244 e. The molecule has 0 aliphatic heterocycles. The van der Waals surface area contributed by atoms with Crippen LogP contribution >= 0.6 is 0 Å². The van der Waals surface area contributed by atoms with Crippen LogP contribution in [-0.2, 0) is 11.2 Å². The van der Waals surface area contributed by atoms with Crippen molar-refractivity contribution < 1.29 is 9.90 Å². The summed E-state index contributed by atoms with van der Waals surface area (Å²) in [7, 11) is 1.75. The average Bonchev–Trinajstić information content (AvgIpc) is 2.32. The molecule has 0 bridgehead atoms. The Kier molecular flexibility index (Phi) is 4.66. The molecule has 0 atom stereocenters. The number of hydrogen-bond acceptors (Lipinski definition) is 3. The van der Waals surface area contributed by atoms with E-state index in [9.17, 15) is 4.79 Å². The quantitative estimate of drug-likeness (QED) is 0.719. The summed E-state index contributed by atoms with van der Waals surface area (Å²) in [6.07, 6.45) is 0.635. The fourth-order valence-electron chi connectivity index (χ4n) is 1.28. The summed E-state index contributed by atoms with van der Waals surface area (Å²) in [5.41, 5.74) is 1.22. The van der Waals surface area contributed by atoms with E-state index in [1.54, 1.807) is 7.05 Å². The summed E-state index contributed by atoms with van der Waals surface area (Å²) in [6.45, 7) is 3.78. The summed E-state index contributed by atoms with van der Waals surface area (Å²) < 4.78 is 0. The van der Waals surface area contributed by atoms with Crippen LogP contribution in [0.3, 0.4) is 0 Å². The number of aliphatic hydroxyl groups excluding tert-OH is 1. The van der Waals surface area contributed by atoms with Crippen molar-refractivity contribution >= 4 is 11.6 Å². The lowest BCUT2D eigenvalue weighted by Crippen LogP contribution is -2.47. The van der Waals surface area contributed by atoms with E-state index < -0.39 is 5.54 Å². The summed E-state index contributed by atoms with van der Waals surface area (Å²) in [4.78, 5) is 11.9. The second kappa shape index (κ2) is 5.80. The molecule has 0 spiro atoms. The van der Waals surface area contributed by atoms with Crippen molar-refractivity contribution in [3.63, 3.8) is 0 Å². The Hall–Kier alpha value is -1.39. The maximum atomic E-state index is 11.9. The van der Waals surface area contributed by atoms with Crippen LogP contribution in [0.4, 0.5) is 5.69 Å². The molecule has 94 valence electrons. The van der Waals surface area contributed by atoms with Gasteiger partial charge in [-0.3, -0.25) is 4.79 Å². The van der Waals surface area contributed by atoms with Gasteiger partial charge >= 0.3 is 0 Å². The van der Waals surface area contributed by atoms with Crippen molar-refractivity contribution in [1.82, 2.24) is 5.32 Å². The van der Waals surface area contributed by atoms with Crippen LogP contribution < -0.4 is 10.6 Å². The molecule has 1 rings (SSSR count). The van der Waals surface area contributed by atoms with E-state index in [-0.39, 0.29) is 12.5 Å². The zero-order valence-corrected chi connectivity index (χ0v) is 10.6. The maximum Gasteiger partial charge on any atom is 0.244 e. The van der Waals surface area contributed by atoms with Gasteiger partial charge in [0.25, 0.3) is 0 Å². The summed E-state index contributed by atoms with van der Waals surface area (Å²) >= 11 is 0. The third-order valence-corrected chi connectivity index (χ3v) is 2.80. The lowest BCUT2D eigenvalue weighted by molar-refractivity contribution is -0.121. The number of benzene rings is 1. The molecule has 17 heavy (non-hydrogen) atoms. The van der Waals surface area contributed by atoms with Gasteiger partial charge in [-0.2, -0.15) is 0 Å². The molecule has 0 heterocycles. The number of amides is 1. The largest absolute Gasteiger partial charge is 0.396 e. The van der Waals surface area contributed by atoms with Crippen LogP contribution in [0.25, 0.3) is 0 Å². The second-order valence-corrected chi connectivity index (χ2v) is 4.50. The van der Waals surface area contributed by atoms with Crippen LogP contribution in [0.2, 0.25) is 0 Å². The van der Waals surface area contributed by atoms with Crippen LogP contribution in [0.15, 0.2) is 24.3 Å². The number of nitrogens with one attached hydrogen (secondary N) is 2. The summed E-state index contributed by atoms with van der Waals surface area (Å²) in [5, 5.41) is 14.6. The van der Waals surface area contributed by atoms with Crippen molar-refractivity contribution in [2.24, 2.45) is 0 Å². The van der Waals surface area contributed by atoms with Gasteiger partial charge in [0.15, 0.2) is 0 Å². The molecule has 0 saturated carbocycles. The highest BCUT2D eigenvalue weighted by Gasteiger charge is 2.24. The van der Waals surface area contributed by atoms with Gasteiger partial charge in [-0.05, 0) is 45.0 Å². The Morgan fingerprint density at radius 3 is 2.35 bits per heavy atom. The van der Waals surface area contributed by atoms with E-state index in [1.807, 2.05) is 38.1 Å². The molecule has 0 fully saturated rings. The van der Waals surface area contributed by atoms with Gasteiger partial charge in [0.05, 0.1) is 5.54 Å². The standard InChI is InChI=1S/C13H20N2O2/c1-13(2,14-3)12(17)15-11-6-4-10(5-7-11)8-9-16/h4-7,14,16H,8-9H2,1-3H3,(H,15,17). The first-order valence-electron chi connectivity index (χ1n) is 5.70. The lowest BCUT2D eigenvalue weighted by atomic mass is 10.0. The fraction of sp³-hybridized carbons (Fsp3) is 0.462. The van der Waals surface area contributed by atoms with Gasteiger partial charge in [-0.1, -0.05) is 12.1 Å². The van der Waals surface area contributed by atoms with E-state index in [4.69, 9.17) is 5.11 Å². The monoisotopic (exact) mass is 236 g/mol. The van der Waals surface area contributed by atoms with Crippen molar-refractivity contribution in [2.45, 2.75) is 25.8 Å². The molecule has 1 amide bonds. The van der Waals surface area contributed by atoms with Crippen LogP contribution in [-0.4, -0.2) is 30.2 Å². The molecular formula is C13H20N2O2. The van der Waals surface area contributed by atoms with Crippen molar-refractivity contribution in [3.05, 3.63) is 29.8 Å². The highest BCUT2D eigenvalue weighted by atomic mass is 16.2. The molecule has 0 aliphatic carbocycles. The molecular weight excluding hydrogens is 216 g/mol. The number of carbonyl (C=O) groups is 1. The minimum absolute atomic E-state index is 0.0742. The highest BCUT2D eigenvalue weighted by Crippen LogP contribution is 2.12. The molecule has 0 aliphatic rings. The number of hydrogen-bond donors (Lipinski definition) is 3. The van der Waals surface area contributed by atoms with Gasteiger partial charge in [0.1, 0.15) is 0 Å². The number of likely N-dealkylation sites (N-methyl/N-ethyl adjacent to an activating group) is 1. The minimum Gasteiger partial charge on any atom is -0.396 e. The minimum atomic E-state index is -0.593. The summed E-state index contributed by atoms with van der Waals surface area (Å²) in [6, 6.07) is 7.49. The first-order chi connectivity index (χ1) is 7.99. The zero-order chi connectivity index (χ0) is 12.9. The molecule has 0 aromatic heterocycles. The van der Waals surface area contributed by atoms with Crippen LogP contribution in [0.5, 0.6) is 0 Å². The topological polar surface area (TPSA) is 61.4 Å². The van der Waals surface area contributed by atoms with E-state index >= 15 is 0 Å². The molecule has 4 nitrogen and oxygen atoms in total. The third kappa shape index (κ3) is 3.84. The predicted molar refractivity (Wildman–Crippen MR) is 69.0 cm³/mol. The van der Waals surface area contributed by atoms with Gasteiger partial charge in [0, 0.05) is 12.3 Å². The molecule has 1 aromatic carbocycles. The first kappa shape index (κ1) is 13.7. The molecule has 0 saturated heterocycles. The van der Waals surface area contributed by atoms with Gasteiger partial charge in [0.2, 0.25) is 5.91 Å². The number of anilines is 1. The summed E-state index contributed by atoms with van der Waals surface area (Å²) in [5.74, 6) is -0.0742. The molecule has 0 unspecified atom stereocenters. The van der Waals surface area contributed by atoms with Crippen LogP contribution in [0.1, 0.15) is 19.4 Å². The molecule has 1 aromatic rings. The predicted octanol–water partition coefficient (Wildman–Crippen LogP) is 1.16. The number of carbonyl (C=O) groups excluding carboxylic acids is 1. The Labute approximate surface area is 102 Å². The molecule has 4 heteroatoms. The van der Waals surface area contributed by atoms with Gasteiger partial charge in [-0.25, -0.2) is 0 Å². The Bertz CT molecular complexity index is 372. The second-order valence-electron chi connectivity index (χ2n) is 4.50. The van der Waals surface area contributed by atoms with E-state index in [0.29, 0.717) is 6.42 Å². The van der Waals surface area contributed by atoms with Crippen molar-refractivity contribution in [3.8, 4) is 0 Å². The normalized spacial score (nSPS) is 11.3. The Morgan fingerprint density at radius 1 is 1.29 bits per heavy atom. The van der Waals surface area contributed by atoms with Gasteiger partial charge in [-0.15, -0.1) is 0 Å². The third-order valence-electron chi connectivity index (χ3n) is 2.80. The zero-order valence-electron chi connectivity index (χ0n) is 10.6. The van der Waals surface area contributed by atoms with Crippen LogP contribution in [0, 0.1) is 0 Å². The molecule has 3 N–H and O–H groups in total. The average molecular weight is 236 g/mol. The highest BCUT2D eigenvalue weighted by molar-refractivity contribution is 5.97. The van der Waals surface area contributed by atoms with E-state index in [1.165, 1.54) is 0 Å². The number of aliphatic hydroxyl groups is 1. The van der Waals surface area contributed by atoms with E-state index in [2.05, 4.69) is 10.6 Å². The van der Waals surface area contributed by atoms with Gasteiger partial charge < -0.3 is 15.7 Å². The van der Waals surface area contributed by atoms with Crippen molar-refractivity contribution in [2.75, 3.05) is 19.0 Å². The number of rotatable bonds is 5. The Morgan fingerprint density at radius 2 is 1.88 bits per heavy atom. The SMILES string of the molecule is CNC(C)(C)C(=O)Nc1ccc(CCO)cc1. The fourth-order valence-corrected chi connectivity index (χ4v) is 1.28. The van der Waals surface area contributed by atoms with Crippen molar-refractivity contribution in [1.29, 1.82) is 0 Å². The molecule has 0 radical (unpaired) electrons. The lowest BCUT2D eigenvalue weighted by Gasteiger charge is -2.22. The first-order valence-corrected chi connectivity index (χ1v) is 5.70. The Balaban J connectivity index is 2.66. The van der Waals surface area contributed by atoms with E-state index in [0.717, 1.165) is 11.3 Å².